The molecule has 2 heteroatoms. The van der Waals surface area contributed by atoms with Crippen molar-refractivity contribution in [2.24, 2.45) is 10.7 Å². The molecule has 0 saturated heterocycles. The van der Waals surface area contributed by atoms with Crippen molar-refractivity contribution in [3.8, 4) is 12.3 Å². The fourth-order valence-electron chi connectivity index (χ4n) is 0.395. The first kappa shape index (κ1) is 8.67. The van der Waals surface area contributed by atoms with Gasteiger partial charge in [-0.2, -0.15) is 0 Å². The number of allylic oxidation sites excluding steroid dienone is 2. The van der Waals surface area contributed by atoms with Crippen molar-refractivity contribution >= 4 is 6.72 Å². The number of aliphatic imine (C=N–C) groups is 1. The molecule has 0 aromatic heterocycles. The van der Waals surface area contributed by atoms with Gasteiger partial charge in [0.2, 0.25) is 0 Å². The van der Waals surface area contributed by atoms with Crippen molar-refractivity contribution in [3.63, 3.8) is 0 Å². The lowest BCUT2D eigenvalue weighted by Gasteiger charge is -1.87. The molecule has 0 fully saturated rings. The molecule has 2 N–H and O–H groups in total. The predicted molar refractivity (Wildman–Crippen MR) is 44.7 cm³/mol. The van der Waals surface area contributed by atoms with Crippen LogP contribution in [0.3, 0.4) is 0 Å². The Bertz CT molecular complexity index is 194. The first-order valence-corrected chi connectivity index (χ1v) is 2.83. The van der Waals surface area contributed by atoms with E-state index < -0.39 is 0 Å². The predicted octanol–water partition coefficient (Wildman–Crippen LogP) is 0.719. The Labute approximate surface area is 61.1 Å². The van der Waals surface area contributed by atoms with Crippen molar-refractivity contribution in [2.75, 3.05) is 6.54 Å². The summed E-state index contributed by atoms with van der Waals surface area (Å²) < 4.78 is 0. The topological polar surface area (TPSA) is 38.4 Å². The number of hydrogen-bond donors (Lipinski definition) is 1. The normalized spacial score (nSPS) is 11.4. The van der Waals surface area contributed by atoms with E-state index in [2.05, 4.69) is 17.6 Å². The molecule has 0 amide bonds. The molecule has 0 saturated carbocycles. The molecule has 10 heavy (non-hydrogen) atoms. The summed E-state index contributed by atoms with van der Waals surface area (Å²) in [5, 5.41) is 0. The third-order valence-electron chi connectivity index (χ3n) is 0.894. The maximum Gasteiger partial charge on any atom is 0.0260 e. The van der Waals surface area contributed by atoms with Crippen LogP contribution in [0.1, 0.15) is 0 Å². The SMILES string of the molecule is C#C/C(=C/C=C\N=C)CN. The summed E-state index contributed by atoms with van der Waals surface area (Å²) >= 11 is 0. The summed E-state index contributed by atoms with van der Waals surface area (Å²) in [4.78, 5) is 3.49. The van der Waals surface area contributed by atoms with Gasteiger partial charge in [-0.25, -0.2) is 0 Å². The zero-order valence-electron chi connectivity index (χ0n) is 5.75. The van der Waals surface area contributed by atoms with Gasteiger partial charge in [-0.3, -0.25) is 4.99 Å². The average Bonchev–Trinajstić information content (AvgIpc) is 1.99. The van der Waals surface area contributed by atoms with Crippen LogP contribution in [0.5, 0.6) is 0 Å². The van der Waals surface area contributed by atoms with Crippen LogP contribution in [-0.4, -0.2) is 13.3 Å². The summed E-state index contributed by atoms with van der Waals surface area (Å²) in [6, 6.07) is 0. The highest BCUT2D eigenvalue weighted by Crippen LogP contribution is 1.88. The fraction of sp³-hybridized carbons (Fsp3) is 0.125. The second kappa shape index (κ2) is 5.80. The second-order valence-electron chi connectivity index (χ2n) is 1.56. The molecule has 0 atom stereocenters. The van der Waals surface area contributed by atoms with Crippen LogP contribution in [0.2, 0.25) is 0 Å². The van der Waals surface area contributed by atoms with Crippen molar-refractivity contribution < 1.29 is 0 Å². The van der Waals surface area contributed by atoms with E-state index in [1.165, 1.54) is 0 Å². The summed E-state index contributed by atoms with van der Waals surface area (Å²) in [7, 11) is 0. The van der Waals surface area contributed by atoms with Gasteiger partial charge in [-0.15, -0.1) is 6.42 Å². The molecule has 0 radical (unpaired) electrons. The minimum absolute atomic E-state index is 0.387. The van der Waals surface area contributed by atoms with Crippen LogP contribution in [0.4, 0.5) is 0 Å². The standard InChI is InChI=1S/C8H10N2/c1-3-8(7-9)5-4-6-10-2/h1,4-6H,2,7,9H2/b6-4-,8-5-. The lowest BCUT2D eigenvalue weighted by atomic mass is 10.2. The van der Waals surface area contributed by atoms with Crippen LogP contribution in [0, 0.1) is 12.3 Å². The highest BCUT2D eigenvalue weighted by atomic mass is 14.6. The van der Waals surface area contributed by atoms with E-state index in [4.69, 9.17) is 12.2 Å². The van der Waals surface area contributed by atoms with Crippen LogP contribution in [0.15, 0.2) is 28.9 Å². The van der Waals surface area contributed by atoms with Gasteiger partial charge in [0, 0.05) is 18.3 Å². The molecule has 0 rings (SSSR count). The van der Waals surface area contributed by atoms with Crippen LogP contribution in [-0.2, 0) is 0 Å². The molecule has 0 aliphatic heterocycles. The van der Waals surface area contributed by atoms with Crippen molar-refractivity contribution in [1.29, 1.82) is 0 Å². The summed E-state index contributed by atoms with van der Waals surface area (Å²) in [6.07, 6.45) is 10.1. The van der Waals surface area contributed by atoms with E-state index in [1.54, 1.807) is 18.4 Å². The molecule has 0 spiro atoms. The molecule has 0 unspecified atom stereocenters. The number of terminal acetylenes is 1. The van der Waals surface area contributed by atoms with E-state index >= 15 is 0 Å². The van der Waals surface area contributed by atoms with Crippen LogP contribution in [0.25, 0.3) is 0 Å². The van der Waals surface area contributed by atoms with E-state index in [1.807, 2.05) is 0 Å². The quantitative estimate of drug-likeness (QED) is 0.345. The highest BCUT2D eigenvalue weighted by molar-refractivity contribution is 5.31. The Morgan fingerprint density at radius 3 is 2.90 bits per heavy atom. The summed E-state index contributed by atoms with van der Waals surface area (Å²) in [6.45, 7) is 3.65. The second-order valence-corrected chi connectivity index (χ2v) is 1.56. The Morgan fingerprint density at radius 2 is 2.50 bits per heavy atom. The third-order valence-corrected chi connectivity index (χ3v) is 0.894. The Balaban J connectivity index is 4.01. The average molecular weight is 134 g/mol. The lowest BCUT2D eigenvalue weighted by molar-refractivity contribution is 1.20. The van der Waals surface area contributed by atoms with Gasteiger partial charge in [-0.05, 0) is 18.9 Å². The van der Waals surface area contributed by atoms with Gasteiger partial charge in [0.15, 0.2) is 0 Å². The lowest BCUT2D eigenvalue weighted by Crippen LogP contribution is -2.00. The zero-order valence-corrected chi connectivity index (χ0v) is 5.75. The number of nitrogens with two attached hydrogens (primary N) is 1. The van der Waals surface area contributed by atoms with Crippen molar-refractivity contribution in [2.45, 2.75) is 0 Å². The van der Waals surface area contributed by atoms with Gasteiger partial charge < -0.3 is 5.73 Å². The largest absolute Gasteiger partial charge is 0.326 e. The van der Waals surface area contributed by atoms with Crippen molar-refractivity contribution in [1.82, 2.24) is 0 Å². The Kier molecular flexibility index (Phi) is 5.03. The van der Waals surface area contributed by atoms with E-state index in [0.717, 1.165) is 5.57 Å². The van der Waals surface area contributed by atoms with Crippen LogP contribution < -0.4 is 5.73 Å². The fourth-order valence-corrected chi connectivity index (χ4v) is 0.395. The van der Waals surface area contributed by atoms with Gasteiger partial charge in [0.25, 0.3) is 0 Å². The minimum Gasteiger partial charge on any atom is -0.326 e. The highest BCUT2D eigenvalue weighted by Gasteiger charge is 1.81. The number of hydrogen-bond acceptors (Lipinski definition) is 2. The molecule has 0 aromatic carbocycles. The molecule has 0 bridgehead atoms. The molecular formula is C8H10N2. The molecule has 2 nitrogen and oxygen atoms in total. The van der Waals surface area contributed by atoms with Gasteiger partial charge in [-0.1, -0.05) is 5.92 Å². The molecule has 52 valence electrons. The Hall–Kier alpha value is -1.33. The third kappa shape index (κ3) is 3.65. The molecule has 0 aliphatic carbocycles. The van der Waals surface area contributed by atoms with Crippen LogP contribution >= 0.6 is 0 Å². The van der Waals surface area contributed by atoms with E-state index in [0.29, 0.717) is 6.54 Å². The molecular weight excluding hydrogens is 124 g/mol. The molecule has 0 aromatic rings. The monoisotopic (exact) mass is 134 g/mol. The van der Waals surface area contributed by atoms with E-state index in [9.17, 15) is 0 Å². The Morgan fingerprint density at radius 1 is 1.80 bits per heavy atom. The summed E-state index contributed by atoms with van der Waals surface area (Å²) in [5.41, 5.74) is 6.02. The summed E-state index contributed by atoms with van der Waals surface area (Å²) in [5.74, 6) is 2.43. The number of nitrogens with zero attached hydrogens (tertiary/aromatic N) is 1. The zero-order chi connectivity index (χ0) is 7.82. The minimum atomic E-state index is 0.387. The van der Waals surface area contributed by atoms with Crippen molar-refractivity contribution in [3.05, 3.63) is 23.9 Å². The van der Waals surface area contributed by atoms with Gasteiger partial charge in [0.05, 0.1) is 0 Å². The number of rotatable bonds is 3. The van der Waals surface area contributed by atoms with E-state index in [-0.39, 0.29) is 0 Å². The smallest absolute Gasteiger partial charge is 0.0260 e. The van der Waals surface area contributed by atoms with Gasteiger partial charge in [0.1, 0.15) is 0 Å². The maximum absolute atomic E-state index is 5.27. The maximum atomic E-state index is 5.27. The van der Waals surface area contributed by atoms with Gasteiger partial charge >= 0.3 is 0 Å². The molecule has 0 heterocycles. The first-order chi connectivity index (χ1) is 4.85. The molecule has 0 aliphatic rings. The first-order valence-electron chi connectivity index (χ1n) is 2.83.